The molecule has 0 unspecified atom stereocenters. The van der Waals surface area contributed by atoms with E-state index >= 15 is 0 Å². The van der Waals surface area contributed by atoms with Gasteiger partial charge in [0.05, 0.1) is 12.6 Å². The largest absolute Gasteiger partial charge is 0.390 e. The van der Waals surface area contributed by atoms with Crippen molar-refractivity contribution in [3.63, 3.8) is 0 Å². The third-order valence-electron chi connectivity index (χ3n) is 4.74. The minimum Gasteiger partial charge on any atom is -0.390 e. The summed E-state index contributed by atoms with van der Waals surface area (Å²) in [5.41, 5.74) is 1.75. The number of nitrogens with one attached hydrogen (secondary N) is 1. The van der Waals surface area contributed by atoms with Crippen LogP contribution >= 0.6 is 0 Å². The number of aromatic nitrogens is 2. The Morgan fingerprint density at radius 2 is 2.04 bits per heavy atom. The lowest BCUT2D eigenvalue weighted by atomic mass is 10.0. The number of piperidine rings is 1. The zero-order chi connectivity index (χ0) is 17.6. The van der Waals surface area contributed by atoms with Gasteiger partial charge in [-0.2, -0.15) is 5.10 Å². The molecule has 1 atom stereocenters. The number of hydrogen-bond acceptors (Lipinski definition) is 4. The summed E-state index contributed by atoms with van der Waals surface area (Å²) in [7, 11) is 0. The van der Waals surface area contributed by atoms with Crippen molar-refractivity contribution in [1.82, 2.24) is 20.0 Å². The summed E-state index contributed by atoms with van der Waals surface area (Å²) < 4.78 is 1.75. The van der Waals surface area contributed by atoms with E-state index in [4.69, 9.17) is 0 Å². The molecule has 1 saturated heterocycles. The first-order valence-corrected chi connectivity index (χ1v) is 8.86. The maximum Gasteiger partial charge on any atom is 0.251 e. The molecule has 3 rings (SSSR count). The number of rotatable bonds is 6. The van der Waals surface area contributed by atoms with Crippen LogP contribution in [0.1, 0.15) is 28.8 Å². The average Bonchev–Trinajstić information content (AvgIpc) is 3.10. The van der Waals surface area contributed by atoms with E-state index in [1.54, 1.807) is 10.9 Å². The Morgan fingerprint density at radius 1 is 1.28 bits per heavy atom. The van der Waals surface area contributed by atoms with Gasteiger partial charge in [0.25, 0.3) is 5.91 Å². The smallest absolute Gasteiger partial charge is 0.251 e. The summed E-state index contributed by atoms with van der Waals surface area (Å²) in [5, 5.41) is 17.5. The van der Waals surface area contributed by atoms with Crippen LogP contribution in [-0.4, -0.2) is 57.5 Å². The number of benzene rings is 1. The highest BCUT2D eigenvalue weighted by atomic mass is 16.3. The van der Waals surface area contributed by atoms with E-state index in [9.17, 15) is 9.90 Å². The highest BCUT2D eigenvalue weighted by Gasteiger charge is 2.23. The van der Waals surface area contributed by atoms with Gasteiger partial charge < -0.3 is 15.3 Å². The van der Waals surface area contributed by atoms with Crippen LogP contribution < -0.4 is 5.32 Å². The molecule has 0 spiro atoms. The van der Waals surface area contributed by atoms with Crippen molar-refractivity contribution in [1.29, 1.82) is 0 Å². The normalized spacial score (nSPS) is 17.4. The fraction of sp³-hybridized carbons (Fsp3) is 0.474. The van der Waals surface area contributed by atoms with Gasteiger partial charge in [-0.25, -0.2) is 0 Å². The third kappa shape index (κ3) is 4.90. The predicted octanol–water partition coefficient (Wildman–Crippen LogP) is 1.45. The van der Waals surface area contributed by atoms with Crippen molar-refractivity contribution in [2.45, 2.75) is 38.5 Å². The second-order valence-corrected chi connectivity index (χ2v) is 6.75. The summed E-state index contributed by atoms with van der Waals surface area (Å²) in [6, 6.07) is 9.72. The number of amides is 1. The van der Waals surface area contributed by atoms with Crippen LogP contribution in [0.5, 0.6) is 0 Å². The second kappa shape index (κ2) is 8.27. The van der Waals surface area contributed by atoms with E-state index < -0.39 is 6.10 Å². The Balaban J connectivity index is 1.42. The Kier molecular flexibility index (Phi) is 5.83. The molecule has 0 aliphatic carbocycles. The number of β-amino-alcohol motifs (C(OH)–C–C–N with tert-alkyl or cyclic N) is 1. The lowest BCUT2D eigenvalue weighted by Gasteiger charge is -2.33. The second-order valence-electron chi connectivity index (χ2n) is 6.75. The van der Waals surface area contributed by atoms with Crippen molar-refractivity contribution in [3.05, 3.63) is 53.9 Å². The highest BCUT2D eigenvalue weighted by Crippen LogP contribution is 2.13. The minimum atomic E-state index is -0.432. The number of hydrogen-bond donors (Lipinski definition) is 2. The van der Waals surface area contributed by atoms with Crippen LogP contribution in [0.4, 0.5) is 0 Å². The Morgan fingerprint density at radius 3 is 2.72 bits per heavy atom. The van der Waals surface area contributed by atoms with Crippen LogP contribution in [0.2, 0.25) is 0 Å². The summed E-state index contributed by atoms with van der Waals surface area (Å²) >= 11 is 0. The molecule has 1 aliphatic rings. The van der Waals surface area contributed by atoms with E-state index in [0.717, 1.165) is 37.1 Å². The van der Waals surface area contributed by atoms with Crippen molar-refractivity contribution >= 4 is 5.91 Å². The molecule has 0 bridgehead atoms. The topological polar surface area (TPSA) is 70.4 Å². The van der Waals surface area contributed by atoms with Gasteiger partial charge in [-0.3, -0.25) is 9.48 Å². The number of likely N-dealkylation sites (tertiary alicyclic amines) is 1. The SMILES string of the molecule is Cc1ccccc1C(=O)NC1CCN(C[C@H](O)Cn2cccn2)CC1. The molecule has 2 heterocycles. The van der Waals surface area contributed by atoms with Gasteiger partial charge in [0.1, 0.15) is 0 Å². The lowest BCUT2D eigenvalue weighted by Crippen LogP contribution is -2.47. The standard InChI is InChI=1S/C19H26N4O2/c1-15-5-2-3-6-18(15)19(25)21-16-7-11-22(12-8-16)13-17(24)14-23-10-4-9-20-23/h2-6,9-10,16-17,24H,7-8,11-14H2,1H3,(H,21,25)/t17-/m0/s1. The lowest BCUT2D eigenvalue weighted by molar-refractivity contribution is 0.0750. The summed E-state index contributed by atoms with van der Waals surface area (Å²) in [5.74, 6) is 0.00951. The summed E-state index contributed by atoms with van der Waals surface area (Å²) in [6.45, 7) is 4.87. The van der Waals surface area contributed by atoms with Crippen LogP contribution in [0.15, 0.2) is 42.7 Å². The zero-order valence-corrected chi connectivity index (χ0v) is 14.6. The molecule has 1 amide bonds. The molecule has 2 aromatic rings. The maximum atomic E-state index is 12.4. The van der Waals surface area contributed by atoms with Gasteiger partial charge in [0, 0.05) is 43.6 Å². The molecular formula is C19H26N4O2. The van der Waals surface area contributed by atoms with Crippen LogP contribution in [0.25, 0.3) is 0 Å². The van der Waals surface area contributed by atoms with Crippen molar-refractivity contribution in [2.75, 3.05) is 19.6 Å². The van der Waals surface area contributed by atoms with Crippen molar-refractivity contribution < 1.29 is 9.90 Å². The van der Waals surface area contributed by atoms with Crippen LogP contribution in [-0.2, 0) is 6.54 Å². The Hall–Kier alpha value is -2.18. The number of aryl methyl sites for hydroxylation is 1. The van der Waals surface area contributed by atoms with Gasteiger partial charge in [-0.05, 0) is 37.5 Å². The van der Waals surface area contributed by atoms with Gasteiger partial charge in [0.2, 0.25) is 0 Å². The maximum absolute atomic E-state index is 12.4. The van der Waals surface area contributed by atoms with E-state index in [1.165, 1.54) is 0 Å². The van der Waals surface area contributed by atoms with E-state index in [1.807, 2.05) is 43.5 Å². The van der Waals surface area contributed by atoms with Crippen molar-refractivity contribution in [2.24, 2.45) is 0 Å². The number of aliphatic hydroxyl groups excluding tert-OH is 1. The van der Waals surface area contributed by atoms with Gasteiger partial charge in [-0.1, -0.05) is 18.2 Å². The molecule has 1 aliphatic heterocycles. The number of aliphatic hydroxyl groups is 1. The molecular weight excluding hydrogens is 316 g/mol. The number of nitrogens with zero attached hydrogens (tertiary/aromatic N) is 3. The molecule has 1 aromatic carbocycles. The monoisotopic (exact) mass is 342 g/mol. The molecule has 25 heavy (non-hydrogen) atoms. The Labute approximate surface area is 148 Å². The molecule has 134 valence electrons. The minimum absolute atomic E-state index is 0.00951. The van der Waals surface area contributed by atoms with Gasteiger partial charge in [0.15, 0.2) is 0 Å². The van der Waals surface area contributed by atoms with E-state index in [0.29, 0.717) is 13.1 Å². The van der Waals surface area contributed by atoms with Crippen molar-refractivity contribution in [3.8, 4) is 0 Å². The number of carbonyl (C=O) groups is 1. The van der Waals surface area contributed by atoms with Gasteiger partial charge in [-0.15, -0.1) is 0 Å². The molecule has 2 N–H and O–H groups in total. The van der Waals surface area contributed by atoms with Crippen LogP contribution in [0, 0.1) is 6.92 Å². The molecule has 6 heteroatoms. The molecule has 0 saturated carbocycles. The molecule has 6 nitrogen and oxygen atoms in total. The average molecular weight is 342 g/mol. The first kappa shape index (κ1) is 17.6. The van der Waals surface area contributed by atoms with Crippen LogP contribution in [0.3, 0.4) is 0 Å². The molecule has 0 radical (unpaired) electrons. The fourth-order valence-corrected chi connectivity index (χ4v) is 3.33. The van der Waals surface area contributed by atoms with E-state index in [2.05, 4.69) is 15.3 Å². The predicted molar refractivity (Wildman–Crippen MR) is 96.3 cm³/mol. The summed E-state index contributed by atoms with van der Waals surface area (Å²) in [4.78, 5) is 14.7. The first-order valence-electron chi connectivity index (χ1n) is 8.86. The summed E-state index contributed by atoms with van der Waals surface area (Å²) in [6.07, 6.45) is 4.96. The Bertz CT molecular complexity index is 678. The zero-order valence-electron chi connectivity index (χ0n) is 14.6. The highest BCUT2D eigenvalue weighted by molar-refractivity contribution is 5.95. The third-order valence-corrected chi connectivity index (χ3v) is 4.74. The van der Waals surface area contributed by atoms with E-state index in [-0.39, 0.29) is 11.9 Å². The first-order chi connectivity index (χ1) is 12.1. The quantitative estimate of drug-likeness (QED) is 0.834. The molecule has 1 fully saturated rings. The number of carbonyl (C=O) groups excluding carboxylic acids is 1. The van der Waals surface area contributed by atoms with Gasteiger partial charge >= 0.3 is 0 Å². The molecule has 1 aromatic heterocycles. The fourth-order valence-electron chi connectivity index (χ4n) is 3.33.